The van der Waals surface area contributed by atoms with Gasteiger partial charge in [0.25, 0.3) is 0 Å². The van der Waals surface area contributed by atoms with Crippen LogP contribution in [-0.4, -0.2) is 68.3 Å². The van der Waals surface area contributed by atoms with Gasteiger partial charge in [-0.25, -0.2) is 14.1 Å². The minimum atomic E-state index is -4.46. The molecule has 2 aromatic carbocycles. The average molecular weight is 763 g/mol. The van der Waals surface area contributed by atoms with Crippen molar-refractivity contribution in [3.63, 3.8) is 0 Å². The lowest BCUT2D eigenvalue weighted by atomic mass is 9.92. The molecular weight excluding hydrogens is 711 g/mol. The van der Waals surface area contributed by atoms with E-state index < -0.39 is 50.3 Å². The Labute approximate surface area is 316 Å². The molecule has 0 spiro atoms. The van der Waals surface area contributed by atoms with Gasteiger partial charge < -0.3 is 29.9 Å². The van der Waals surface area contributed by atoms with Crippen LogP contribution in [0.4, 0.5) is 5.82 Å². The van der Waals surface area contributed by atoms with Crippen molar-refractivity contribution in [3.8, 4) is 11.8 Å². The van der Waals surface area contributed by atoms with Gasteiger partial charge >= 0.3 is 13.7 Å². The molecule has 3 heterocycles. The Balaban J connectivity index is 1.28. The van der Waals surface area contributed by atoms with Crippen molar-refractivity contribution in [1.29, 1.82) is 5.26 Å². The third-order valence-electron chi connectivity index (χ3n) is 9.49. The molecule has 1 fully saturated rings. The van der Waals surface area contributed by atoms with Gasteiger partial charge in [-0.15, -0.1) is 0 Å². The van der Waals surface area contributed by atoms with Crippen molar-refractivity contribution in [2.24, 2.45) is 0 Å². The van der Waals surface area contributed by atoms with E-state index in [2.05, 4.69) is 22.1 Å². The topological polar surface area (TPSA) is 204 Å². The van der Waals surface area contributed by atoms with E-state index in [0.717, 1.165) is 24.8 Å². The number of carbonyl (C=O) groups is 1. The number of aliphatic hydroxyl groups excluding tert-OH is 2. The van der Waals surface area contributed by atoms with Crippen LogP contribution < -0.4 is 15.3 Å². The normalized spacial score (nSPS) is 21.3. The smallest absolute Gasteiger partial charge is 0.459 e. The first-order valence-corrected chi connectivity index (χ1v) is 20.3. The molecule has 0 saturated carbocycles. The molecule has 15 heteroatoms. The zero-order chi connectivity index (χ0) is 38.4. The summed E-state index contributed by atoms with van der Waals surface area (Å²) in [4.78, 5) is 17.6. The van der Waals surface area contributed by atoms with E-state index in [1.54, 1.807) is 36.4 Å². The Morgan fingerprint density at radius 1 is 1.00 bits per heavy atom. The molecule has 1 aliphatic heterocycles. The standard InChI is InChI=1S/C39H51N6O8P/c1-2-3-4-5-6-7-8-9-10-17-24-50-38(48)31(25-29-18-13-11-14-19-29)44-54(49,53-30-20-15-12-16-21-30)51-26-33-35(46)36(47)39(27-40,52-33)34-23-22-32-37(41)42-28-43-45(32)34/h11-16,18-23,28,31,33,35-36,46-47H,2-10,17,24-26H2,1H3,(H,44,49)(H2,41,42,43)/t31?,33-,35-,36-,39+,54?/m1/s1. The number of aliphatic hydroxyl groups is 2. The lowest BCUT2D eigenvalue weighted by Gasteiger charge is -2.26. The predicted molar refractivity (Wildman–Crippen MR) is 202 cm³/mol. The maximum atomic E-state index is 14.6. The number of nitriles is 1. The van der Waals surface area contributed by atoms with Crippen LogP contribution >= 0.6 is 7.75 Å². The second kappa shape index (κ2) is 19.8. The van der Waals surface area contributed by atoms with Crippen molar-refractivity contribution >= 4 is 25.1 Å². The molecule has 6 atom stereocenters. The van der Waals surface area contributed by atoms with Gasteiger partial charge in [-0.05, 0) is 42.7 Å². The summed E-state index contributed by atoms with van der Waals surface area (Å²) < 4.78 is 39.4. The minimum absolute atomic E-state index is 0.0954. The van der Waals surface area contributed by atoms with Crippen LogP contribution in [0.25, 0.3) is 5.52 Å². The second-order valence-corrected chi connectivity index (χ2v) is 15.2. The fraction of sp³-hybridized carbons (Fsp3) is 0.487. The summed E-state index contributed by atoms with van der Waals surface area (Å²) in [5.74, 6) is -0.316. The Morgan fingerprint density at radius 3 is 2.31 bits per heavy atom. The van der Waals surface area contributed by atoms with Gasteiger partial charge in [-0.3, -0.25) is 9.32 Å². The Morgan fingerprint density at radius 2 is 1.65 bits per heavy atom. The molecule has 0 radical (unpaired) electrons. The summed E-state index contributed by atoms with van der Waals surface area (Å²) in [5, 5.41) is 39.6. The Hall–Kier alpha value is -4.35. The quantitative estimate of drug-likeness (QED) is 0.0412. The maximum Gasteiger partial charge on any atom is 0.459 e. The van der Waals surface area contributed by atoms with Crippen molar-refractivity contribution in [2.75, 3.05) is 18.9 Å². The van der Waals surface area contributed by atoms with Crippen molar-refractivity contribution in [3.05, 3.63) is 90.4 Å². The van der Waals surface area contributed by atoms with Crippen molar-refractivity contribution in [2.45, 2.75) is 108 Å². The number of aromatic nitrogens is 3. The number of unbranched alkanes of at least 4 members (excludes halogenated alkanes) is 9. The van der Waals surface area contributed by atoms with Gasteiger partial charge in [-0.2, -0.15) is 15.4 Å². The van der Waals surface area contributed by atoms with Crippen LogP contribution in [0, 0.1) is 11.3 Å². The first-order valence-electron chi connectivity index (χ1n) is 18.7. The molecule has 2 aromatic heterocycles. The number of hydrogen-bond acceptors (Lipinski definition) is 12. The van der Waals surface area contributed by atoms with Crippen LogP contribution in [-0.2, 0) is 35.4 Å². The summed E-state index contributed by atoms with van der Waals surface area (Å²) in [6.45, 7) is 1.81. The lowest BCUT2D eigenvalue weighted by Crippen LogP contribution is -2.41. The van der Waals surface area contributed by atoms with Crippen LogP contribution in [0.15, 0.2) is 79.1 Å². The summed E-state index contributed by atoms with van der Waals surface area (Å²) in [5.41, 5.74) is 5.10. The molecule has 1 aliphatic rings. The number of ether oxygens (including phenoxy) is 2. The number of para-hydroxylation sites is 1. The van der Waals surface area contributed by atoms with Gasteiger partial charge in [-0.1, -0.05) is 113 Å². The molecule has 1 saturated heterocycles. The molecule has 0 amide bonds. The zero-order valence-electron chi connectivity index (χ0n) is 30.7. The van der Waals surface area contributed by atoms with E-state index in [4.69, 9.17) is 24.3 Å². The van der Waals surface area contributed by atoms with E-state index in [1.165, 1.54) is 55.4 Å². The van der Waals surface area contributed by atoms with Crippen LogP contribution in [0.3, 0.4) is 0 Å². The molecule has 2 unspecified atom stereocenters. The fourth-order valence-electron chi connectivity index (χ4n) is 6.52. The number of fused-ring (bicyclic) bond motifs is 1. The Bertz CT molecular complexity index is 1860. The maximum absolute atomic E-state index is 14.6. The van der Waals surface area contributed by atoms with E-state index >= 15 is 0 Å². The van der Waals surface area contributed by atoms with Crippen molar-refractivity contribution < 1.29 is 38.1 Å². The first kappa shape index (κ1) is 40.8. The number of nitrogens with one attached hydrogen (secondary N) is 1. The number of nitrogen functional groups attached to an aromatic ring is 1. The lowest BCUT2D eigenvalue weighted by molar-refractivity contribution is -0.146. The highest BCUT2D eigenvalue weighted by Gasteiger charge is 2.58. The van der Waals surface area contributed by atoms with Crippen LogP contribution in [0.1, 0.15) is 82.4 Å². The summed E-state index contributed by atoms with van der Waals surface area (Å²) >= 11 is 0. The van der Waals surface area contributed by atoms with E-state index in [-0.39, 0.29) is 30.3 Å². The van der Waals surface area contributed by atoms with E-state index in [1.807, 2.05) is 36.4 Å². The number of nitrogens with zero attached hydrogens (tertiary/aromatic N) is 4. The monoisotopic (exact) mass is 762 g/mol. The third kappa shape index (κ3) is 10.4. The number of esters is 1. The molecule has 290 valence electrons. The SMILES string of the molecule is CCCCCCCCCCCCOC(=O)C(Cc1ccccc1)NP(=O)(OC[C@H]1O[C@@](C#N)(c2ccc3c(N)ncnn23)[C@H](O)[C@@H]1O)Oc1ccccc1. The molecule has 5 rings (SSSR count). The largest absolute Gasteiger partial charge is 0.465 e. The highest BCUT2D eigenvalue weighted by atomic mass is 31.2. The molecule has 0 bridgehead atoms. The van der Waals surface area contributed by atoms with E-state index in [9.17, 15) is 24.8 Å². The minimum Gasteiger partial charge on any atom is -0.465 e. The average Bonchev–Trinajstić information content (AvgIpc) is 3.73. The molecule has 54 heavy (non-hydrogen) atoms. The molecule has 0 aliphatic carbocycles. The van der Waals surface area contributed by atoms with Crippen LogP contribution in [0.5, 0.6) is 5.75 Å². The highest BCUT2D eigenvalue weighted by Crippen LogP contribution is 2.47. The zero-order valence-corrected chi connectivity index (χ0v) is 31.6. The summed E-state index contributed by atoms with van der Waals surface area (Å²) in [6.07, 6.45) is 7.87. The molecule has 5 N–H and O–H groups in total. The van der Waals surface area contributed by atoms with Crippen LogP contribution in [0.2, 0.25) is 0 Å². The number of nitrogens with two attached hydrogens (primary N) is 1. The second-order valence-electron chi connectivity index (χ2n) is 13.5. The van der Waals surface area contributed by atoms with Gasteiger partial charge in [0.2, 0.25) is 5.60 Å². The van der Waals surface area contributed by atoms with Crippen molar-refractivity contribution in [1.82, 2.24) is 19.7 Å². The molecule has 4 aromatic rings. The number of rotatable bonds is 22. The van der Waals surface area contributed by atoms with Gasteiger partial charge in [0.05, 0.1) is 18.9 Å². The van der Waals surface area contributed by atoms with Gasteiger partial charge in [0.15, 0.2) is 5.82 Å². The first-order chi connectivity index (χ1) is 26.2. The summed E-state index contributed by atoms with van der Waals surface area (Å²) in [6, 6.07) is 21.3. The number of hydrogen-bond donors (Lipinski definition) is 4. The highest BCUT2D eigenvalue weighted by molar-refractivity contribution is 7.52. The predicted octanol–water partition coefficient (Wildman–Crippen LogP) is 6.02. The van der Waals surface area contributed by atoms with Gasteiger partial charge in [0, 0.05) is 0 Å². The summed E-state index contributed by atoms with van der Waals surface area (Å²) in [7, 11) is -4.46. The molecular formula is C39H51N6O8P. The number of benzene rings is 2. The third-order valence-corrected chi connectivity index (χ3v) is 11.1. The Kier molecular flexibility index (Phi) is 15.0. The van der Waals surface area contributed by atoms with E-state index in [0.29, 0.717) is 11.9 Å². The fourth-order valence-corrected chi connectivity index (χ4v) is 8.02. The molecule has 14 nitrogen and oxygen atoms in total. The van der Waals surface area contributed by atoms with Gasteiger partial charge in [0.1, 0.15) is 48.0 Å². The number of carbonyl (C=O) groups excluding carboxylic acids is 1. The number of anilines is 1.